The van der Waals surface area contributed by atoms with Crippen LogP contribution in [0.3, 0.4) is 0 Å². The van der Waals surface area contributed by atoms with Gasteiger partial charge in [0, 0.05) is 11.1 Å². The number of aryl methyl sites for hydroxylation is 2. The second-order valence-electron chi connectivity index (χ2n) is 6.11. The fraction of sp³-hybridized carbons (Fsp3) is 0.200. The summed E-state index contributed by atoms with van der Waals surface area (Å²) in [6, 6.07) is 13.3. The minimum Gasteiger partial charge on any atom is -0.467 e. The number of carbonyl (C=O) groups excluding carboxylic acids is 2. The third-order valence-corrected chi connectivity index (χ3v) is 4.01. The van der Waals surface area contributed by atoms with Crippen molar-refractivity contribution in [3.63, 3.8) is 0 Å². The number of methoxy groups -OCH3 is 1. The molecule has 1 N–H and O–H groups in total. The van der Waals surface area contributed by atoms with Crippen molar-refractivity contribution in [2.24, 2.45) is 0 Å². The van der Waals surface area contributed by atoms with Crippen molar-refractivity contribution in [1.29, 1.82) is 0 Å². The molecular formula is C20H19N3O4. The molecule has 0 bridgehead atoms. The van der Waals surface area contributed by atoms with Crippen LogP contribution in [0.1, 0.15) is 33.4 Å². The molecule has 0 fully saturated rings. The summed E-state index contributed by atoms with van der Waals surface area (Å²) in [4.78, 5) is 24.6. The van der Waals surface area contributed by atoms with E-state index in [1.807, 2.05) is 50.2 Å². The highest BCUT2D eigenvalue weighted by atomic mass is 16.5. The Kier molecular flexibility index (Phi) is 5.30. The topological polar surface area (TPSA) is 94.3 Å². The molecule has 3 rings (SSSR count). The minimum atomic E-state index is -1.20. The summed E-state index contributed by atoms with van der Waals surface area (Å²) in [7, 11) is 1.23. The van der Waals surface area contributed by atoms with E-state index in [0.29, 0.717) is 11.1 Å². The molecule has 0 aliphatic heterocycles. The number of nitrogens with one attached hydrogen (secondary N) is 1. The lowest BCUT2D eigenvalue weighted by molar-refractivity contribution is -0.143. The molecule has 1 heterocycles. The molecule has 0 aliphatic carbocycles. The standard InChI is InChI=1S/C20H19N3O4/c1-12-4-8-14(9-5-12)17(24)21-16(20(25)26-3)19-23-22-18(27-19)15-10-6-13(2)7-11-15/h4-11,16H,1-3H3,(H,21,24). The maximum atomic E-state index is 12.5. The Bertz CT molecular complexity index is 946. The van der Waals surface area contributed by atoms with E-state index in [1.54, 1.807) is 12.1 Å². The molecule has 138 valence electrons. The monoisotopic (exact) mass is 365 g/mol. The van der Waals surface area contributed by atoms with E-state index < -0.39 is 17.9 Å². The average molecular weight is 365 g/mol. The van der Waals surface area contributed by atoms with Crippen molar-refractivity contribution < 1.29 is 18.7 Å². The Balaban J connectivity index is 1.85. The lowest BCUT2D eigenvalue weighted by Gasteiger charge is -2.13. The molecule has 0 radical (unpaired) electrons. The highest BCUT2D eigenvalue weighted by Gasteiger charge is 2.30. The first-order chi connectivity index (χ1) is 13.0. The van der Waals surface area contributed by atoms with E-state index in [-0.39, 0.29) is 11.8 Å². The van der Waals surface area contributed by atoms with Gasteiger partial charge in [-0.15, -0.1) is 10.2 Å². The molecule has 0 saturated carbocycles. The van der Waals surface area contributed by atoms with Crippen LogP contribution in [0, 0.1) is 13.8 Å². The molecule has 0 spiro atoms. The highest BCUT2D eigenvalue weighted by molar-refractivity contribution is 5.96. The third-order valence-electron chi connectivity index (χ3n) is 4.01. The molecule has 27 heavy (non-hydrogen) atoms. The maximum Gasteiger partial charge on any atom is 0.338 e. The molecule has 1 unspecified atom stereocenters. The van der Waals surface area contributed by atoms with Crippen LogP contribution in [0.25, 0.3) is 11.5 Å². The number of benzene rings is 2. The number of hydrogen-bond acceptors (Lipinski definition) is 6. The van der Waals surface area contributed by atoms with Crippen molar-refractivity contribution >= 4 is 11.9 Å². The van der Waals surface area contributed by atoms with Crippen LogP contribution < -0.4 is 5.32 Å². The largest absolute Gasteiger partial charge is 0.467 e. The van der Waals surface area contributed by atoms with Gasteiger partial charge in [0.05, 0.1) is 7.11 Å². The normalized spacial score (nSPS) is 11.7. The zero-order chi connectivity index (χ0) is 19.4. The molecule has 7 heteroatoms. The van der Waals surface area contributed by atoms with Crippen molar-refractivity contribution in [2.45, 2.75) is 19.9 Å². The fourth-order valence-corrected chi connectivity index (χ4v) is 2.42. The first-order valence-electron chi connectivity index (χ1n) is 8.33. The predicted octanol–water partition coefficient (Wildman–Crippen LogP) is 3.00. The summed E-state index contributed by atoms with van der Waals surface area (Å²) < 4.78 is 10.4. The molecular weight excluding hydrogens is 346 g/mol. The van der Waals surface area contributed by atoms with Gasteiger partial charge in [-0.25, -0.2) is 4.79 Å². The second-order valence-corrected chi connectivity index (χ2v) is 6.11. The van der Waals surface area contributed by atoms with Gasteiger partial charge >= 0.3 is 5.97 Å². The van der Waals surface area contributed by atoms with Gasteiger partial charge < -0.3 is 14.5 Å². The van der Waals surface area contributed by atoms with Crippen molar-refractivity contribution in [3.05, 3.63) is 71.1 Å². The van der Waals surface area contributed by atoms with Crippen molar-refractivity contribution in [2.75, 3.05) is 7.11 Å². The Labute approximate surface area is 156 Å². The van der Waals surface area contributed by atoms with Crippen LogP contribution in [-0.2, 0) is 9.53 Å². The van der Waals surface area contributed by atoms with E-state index in [2.05, 4.69) is 15.5 Å². The first-order valence-corrected chi connectivity index (χ1v) is 8.33. The lowest BCUT2D eigenvalue weighted by Crippen LogP contribution is -2.34. The number of hydrogen-bond donors (Lipinski definition) is 1. The summed E-state index contributed by atoms with van der Waals surface area (Å²) in [6.07, 6.45) is 0. The molecule has 2 aromatic carbocycles. The van der Waals surface area contributed by atoms with Crippen molar-refractivity contribution in [3.8, 4) is 11.5 Å². The van der Waals surface area contributed by atoms with Crippen LogP contribution in [-0.4, -0.2) is 29.2 Å². The van der Waals surface area contributed by atoms with Gasteiger partial charge in [-0.3, -0.25) is 4.79 Å². The summed E-state index contributed by atoms with van der Waals surface area (Å²) in [5.74, 6) is -0.934. The van der Waals surface area contributed by atoms with Crippen LogP contribution in [0.5, 0.6) is 0 Å². The molecule has 1 atom stereocenters. The summed E-state index contributed by atoms with van der Waals surface area (Å²) in [5.41, 5.74) is 3.24. The Morgan fingerprint density at radius 2 is 1.56 bits per heavy atom. The lowest BCUT2D eigenvalue weighted by atomic mass is 10.1. The fourth-order valence-electron chi connectivity index (χ4n) is 2.42. The average Bonchev–Trinajstić information content (AvgIpc) is 3.16. The van der Waals surface area contributed by atoms with E-state index in [4.69, 9.17) is 9.15 Å². The predicted molar refractivity (Wildman–Crippen MR) is 97.9 cm³/mol. The summed E-state index contributed by atoms with van der Waals surface area (Å²) in [6.45, 7) is 3.89. The number of nitrogens with zero attached hydrogens (tertiary/aromatic N) is 2. The molecule has 0 aliphatic rings. The van der Waals surface area contributed by atoms with Gasteiger partial charge in [0.25, 0.3) is 11.8 Å². The van der Waals surface area contributed by atoms with Gasteiger partial charge in [0.1, 0.15) is 0 Å². The van der Waals surface area contributed by atoms with E-state index >= 15 is 0 Å². The molecule has 1 amide bonds. The highest BCUT2D eigenvalue weighted by Crippen LogP contribution is 2.22. The zero-order valence-electron chi connectivity index (χ0n) is 15.2. The maximum absolute atomic E-state index is 12.5. The SMILES string of the molecule is COC(=O)C(NC(=O)c1ccc(C)cc1)c1nnc(-c2ccc(C)cc2)o1. The molecule has 7 nitrogen and oxygen atoms in total. The Morgan fingerprint density at radius 3 is 2.15 bits per heavy atom. The number of amides is 1. The van der Waals surface area contributed by atoms with Gasteiger partial charge in [-0.1, -0.05) is 35.4 Å². The van der Waals surface area contributed by atoms with Crippen LogP contribution in [0.15, 0.2) is 52.9 Å². The number of ether oxygens (including phenoxy) is 1. The van der Waals surface area contributed by atoms with E-state index in [1.165, 1.54) is 7.11 Å². The number of esters is 1. The quantitative estimate of drug-likeness (QED) is 0.699. The molecule has 0 saturated heterocycles. The number of aromatic nitrogens is 2. The van der Waals surface area contributed by atoms with Gasteiger partial charge in [-0.05, 0) is 38.1 Å². The van der Waals surface area contributed by atoms with Gasteiger partial charge in [-0.2, -0.15) is 0 Å². The second kappa shape index (κ2) is 7.82. The van der Waals surface area contributed by atoms with E-state index in [0.717, 1.165) is 11.1 Å². The van der Waals surface area contributed by atoms with E-state index in [9.17, 15) is 9.59 Å². The molecule has 3 aromatic rings. The Hall–Kier alpha value is -3.48. The number of carbonyl (C=O) groups is 2. The number of rotatable bonds is 5. The van der Waals surface area contributed by atoms with Crippen LogP contribution in [0.4, 0.5) is 0 Å². The first kappa shape index (κ1) is 18.3. The van der Waals surface area contributed by atoms with Crippen LogP contribution >= 0.6 is 0 Å². The Morgan fingerprint density at radius 1 is 0.963 bits per heavy atom. The minimum absolute atomic E-state index is 0.0436. The molecule has 1 aromatic heterocycles. The van der Waals surface area contributed by atoms with Gasteiger partial charge in [0.2, 0.25) is 11.9 Å². The third kappa shape index (κ3) is 4.20. The summed E-state index contributed by atoms with van der Waals surface area (Å²) >= 11 is 0. The van der Waals surface area contributed by atoms with Crippen LogP contribution in [0.2, 0.25) is 0 Å². The van der Waals surface area contributed by atoms with Gasteiger partial charge in [0.15, 0.2) is 0 Å². The summed E-state index contributed by atoms with van der Waals surface area (Å²) in [5, 5.41) is 10.5. The van der Waals surface area contributed by atoms with Crippen molar-refractivity contribution in [1.82, 2.24) is 15.5 Å². The zero-order valence-corrected chi connectivity index (χ0v) is 15.2. The smallest absolute Gasteiger partial charge is 0.338 e.